The SMILES string of the molecule is CCCCCNCCCC1CCCO1. The van der Waals surface area contributed by atoms with Crippen LogP contribution in [-0.2, 0) is 4.74 Å². The van der Waals surface area contributed by atoms with Gasteiger partial charge in [-0.05, 0) is 45.2 Å². The van der Waals surface area contributed by atoms with E-state index in [1.165, 1.54) is 58.0 Å². The maximum atomic E-state index is 5.57. The normalized spacial score (nSPS) is 21.6. The van der Waals surface area contributed by atoms with Crippen LogP contribution in [0.5, 0.6) is 0 Å². The van der Waals surface area contributed by atoms with E-state index >= 15 is 0 Å². The van der Waals surface area contributed by atoms with Gasteiger partial charge < -0.3 is 10.1 Å². The van der Waals surface area contributed by atoms with Crippen LogP contribution in [0.25, 0.3) is 0 Å². The van der Waals surface area contributed by atoms with Crippen molar-refractivity contribution in [1.29, 1.82) is 0 Å². The molecule has 2 nitrogen and oxygen atoms in total. The quantitative estimate of drug-likeness (QED) is 0.607. The molecule has 0 saturated carbocycles. The Morgan fingerprint density at radius 2 is 2.07 bits per heavy atom. The van der Waals surface area contributed by atoms with E-state index in [0.717, 1.165) is 6.61 Å². The van der Waals surface area contributed by atoms with E-state index in [4.69, 9.17) is 4.74 Å². The van der Waals surface area contributed by atoms with E-state index in [1.54, 1.807) is 0 Å². The Labute approximate surface area is 88.4 Å². The second-order valence-corrected chi connectivity index (χ2v) is 4.23. The van der Waals surface area contributed by atoms with Gasteiger partial charge in [-0.2, -0.15) is 0 Å². The molecule has 1 saturated heterocycles. The van der Waals surface area contributed by atoms with Gasteiger partial charge in [-0.15, -0.1) is 0 Å². The first kappa shape index (κ1) is 12.0. The monoisotopic (exact) mass is 199 g/mol. The molecule has 1 atom stereocenters. The van der Waals surface area contributed by atoms with Crippen molar-refractivity contribution in [3.63, 3.8) is 0 Å². The summed E-state index contributed by atoms with van der Waals surface area (Å²) in [6, 6.07) is 0. The smallest absolute Gasteiger partial charge is 0.0576 e. The van der Waals surface area contributed by atoms with Gasteiger partial charge in [-0.25, -0.2) is 0 Å². The Hall–Kier alpha value is -0.0800. The van der Waals surface area contributed by atoms with E-state index in [9.17, 15) is 0 Å². The molecule has 1 aliphatic rings. The zero-order valence-corrected chi connectivity index (χ0v) is 9.56. The van der Waals surface area contributed by atoms with Crippen molar-refractivity contribution in [2.45, 2.75) is 58.0 Å². The van der Waals surface area contributed by atoms with Crippen molar-refractivity contribution < 1.29 is 4.74 Å². The molecule has 1 aliphatic heterocycles. The van der Waals surface area contributed by atoms with Crippen LogP contribution in [0.1, 0.15) is 51.9 Å². The average Bonchev–Trinajstić information content (AvgIpc) is 2.69. The molecule has 14 heavy (non-hydrogen) atoms. The van der Waals surface area contributed by atoms with Crippen molar-refractivity contribution >= 4 is 0 Å². The minimum absolute atomic E-state index is 0.576. The first-order chi connectivity index (χ1) is 6.93. The molecule has 1 unspecified atom stereocenters. The minimum atomic E-state index is 0.576. The molecular weight excluding hydrogens is 174 g/mol. The topological polar surface area (TPSA) is 21.3 Å². The number of rotatable bonds is 8. The van der Waals surface area contributed by atoms with Crippen LogP contribution < -0.4 is 5.32 Å². The molecule has 0 radical (unpaired) electrons. The predicted molar refractivity (Wildman–Crippen MR) is 60.6 cm³/mol. The highest BCUT2D eigenvalue weighted by Crippen LogP contribution is 2.16. The molecule has 0 aromatic rings. The van der Waals surface area contributed by atoms with Crippen LogP contribution in [0.4, 0.5) is 0 Å². The molecule has 1 N–H and O–H groups in total. The highest BCUT2D eigenvalue weighted by Gasteiger charge is 2.13. The molecule has 0 aliphatic carbocycles. The molecule has 2 heteroatoms. The highest BCUT2D eigenvalue weighted by molar-refractivity contribution is 4.65. The number of hydrogen-bond donors (Lipinski definition) is 1. The lowest BCUT2D eigenvalue weighted by atomic mass is 10.1. The molecule has 0 bridgehead atoms. The molecule has 0 aromatic carbocycles. The van der Waals surface area contributed by atoms with Crippen LogP contribution in [0.15, 0.2) is 0 Å². The van der Waals surface area contributed by atoms with E-state index in [-0.39, 0.29) is 0 Å². The van der Waals surface area contributed by atoms with Gasteiger partial charge in [-0.3, -0.25) is 0 Å². The summed E-state index contributed by atoms with van der Waals surface area (Å²) in [5.74, 6) is 0. The maximum Gasteiger partial charge on any atom is 0.0576 e. The Morgan fingerprint density at radius 1 is 1.21 bits per heavy atom. The Morgan fingerprint density at radius 3 is 2.79 bits per heavy atom. The van der Waals surface area contributed by atoms with Crippen LogP contribution in [0.2, 0.25) is 0 Å². The second kappa shape index (κ2) is 8.25. The van der Waals surface area contributed by atoms with Crippen molar-refractivity contribution in [3.8, 4) is 0 Å². The number of ether oxygens (including phenoxy) is 1. The summed E-state index contributed by atoms with van der Waals surface area (Å²) in [5.41, 5.74) is 0. The van der Waals surface area contributed by atoms with Crippen molar-refractivity contribution in [2.75, 3.05) is 19.7 Å². The van der Waals surface area contributed by atoms with Crippen molar-refractivity contribution in [3.05, 3.63) is 0 Å². The summed E-state index contributed by atoms with van der Waals surface area (Å²) in [5, 5.41) is 3.49. The zero-order chi connectivity index (χ0) is 10.1. The summed E-state index contributed by atoms with van der Waals surface area (Å²) in [6.07, 6.45) is 9.67. The van der Waals surface area contributed by atoms with Gasteiger partial charge >= 0.3 is 0 Å². The third kappa shape index (κ3) is 5.61. The first-order valence-electron chi connectivity index (χ1n) is 6.26. The number of nitrogens with one attached hydrogen (secondary N) is 1. The second-order valence-electron chi connectivity index (χ2n) is 4.23. The molecule has 0 amide bonds. The number of hydrogen-bond acceptors (Lipinski definition) is 2. The summed E-state index contributed by atoms with van der Waals surface area (Å²) < 4.78 is 5.57. The average molecular weight is 199 g/mol. The van der Waals surface area contributed by atoms with Crippen molar-refractivity contribution in [2.24, 2.45) is 0 Å². The molecule has 1 fully saturated rings. The van der Waals surface area contributed by atoms with Gasteiger partial charge in [0, 0.05) is 6.61 Å². The zero-order valence-electron chi connectivity index (χ0n) is 9.56. The van der Waals surface area contributed by atoms with Gasteiger partial charge in [0.05, 0.1) is 6.10 Å². The lowest BCUT2D eigenvalue weighted by Gasteiger charge is -2.09. The fraction of sp³-hybridized carbons (Fsp3) is 1.00. The largest absolute Gasteiger partial charge is 0.378 e. The third-order valence-corrected chi connectivity index (χ3v) is 2.86. The third-order valence-electron chi connectivity index (χ3n) is 2.86. The van der Waals surface area contributed by atoms with Gasteiger partial charge in [0.15, 0.2) is 0 Å². The van der Waals surface area contributed by atoms with Crippen molar-refractivity contribution in [1.82, 2.24) is 5.32 Å². The van der Waals surface area contributed by atoms with Crippen LogP contribution in [-0.4, -0.2) is 25.8 Å². The van der Waals surface area contributed by atoms with Gasteiger partial charge in [0.1, 0.15) is 0 Å². The number of unbranched alkanes of at least 4 members (excludes halogenated alkanes) is 2. The first-order valence-corrected chi connectivity index (χ1v) is 6.26. The summed E-state index contributed by atoms with van der Waals surface area (Å²) >= 11 is 0. The van der Waals surface area contributed by atoms with Crippen LogP contribution in [0, 0.1) is 0 Å². The minimum Gasteiger partial charge on any atom is -0.378 e. The Kier molecular flexibility index (Phi) is 7.06. The van der Waals surface area contributed by atoms with Crippen LogP contribution in [0.3, 0.4) is 0 Å². The summed E-state index contributed by atoms with van der Waals surface area (Å²) in [4.78, 5) is 0. The molecule has 84 valence electrons. The van der Waals surface area contributed by atoms with Gasteiger partial charge in [0.2, 0.25) is 0 Å². The van der Waals surface area contributed by atoms with E-state index in [0.29, 0.717) is 6.10 Å². The van der Waals surface area contributed by atoms with E-state index in [2.05, 4.69) is 12.2 Å². The molecule has 0 aromatic heterocycles. The Bertz CT molecular complexity index is 121. The fourth-order valence-electron chi connectivity index (χ4n) is 1.95. The predicted octanol–water partition coefficient (Wildman–Crippen LogP) is 2.73. The maximum absolute atomic E-state index is 5.57. The highest BCUT2D eigenvalue weighted by atomic mass is 16.5. The summed E-state index contributed by atoms with van der Waals surface area (Å²) in [7, 11) is 0. The lowest BCUT2D eigenvalue weighted by Crippen LogP contribution is -2.18. The van der Waals surface area contributed by atoms with E-state index in [1.807, 2.05) is 0 Å². The van der Waals surface area contributed by atoms with Crippen LogP contribution >= 0.6 is 0 Å². The van der Waals surface area contributed by atoms with Gasteiger partial charge in [-0.1, -0.05) is 19.8 Å². The standard InChI is InChI=1S/C12H25NO/c1-2-3-4-9-13-10-5-7-12-8-6-11-14-12/h12-13H,2-11H2,1H3. The summed E-state index contributed by atoms with van der Waals surface area (Å²) in [6.45, 7) is 5.61. The van der Waals surface area contributed by atoms with E-state index < -0.39 is 0 Å². The molecular formula is C12H25NO. The molecule has 1 rings (SSSR count). The molecule has 1 heterocycles. The fourth-order valence-corrected chi connectivity index (χ4v) is 1.95. The lowest BCUT2D eigenvalue weighted by molar-refractivity contribution is 0.102. The Balaban J connectivity index is 1.75. The van der Waals surface area contributed by atoms with Gasteiger partial charge in [0.25, 0.3) is 0 Å². The molecule has 0 spiro atoms.